The molecule has 0 aliphatic heterocycles. The number of rotatable bonds is 8. The summed E-state index contributed by atoms with van der Waals surface area (Å²) in [4.78, 5) is 12.1. The predicted octanol–water partition coefficient (Wildman–Crippen LogP) is 7.05. The summed E-state index contributed by atoms with van der Waals surface area (Å²) in [6.07, 6.45) is 0.208. The van der Waals surface area contributed by atoms with Crippen LogP contribution in [0.3, 0.4) is 0 Å². The van der Waals surface area contributed by atoms with Gasteiger partial charge in [-0.1, -0.05) is 37.6 Å². The van der Waals surface area contributed by atoms with Gasteiger partial charge in [0.2, 0.25) is 0 Å². The van der Waals surface area contributed by atoms with Gasteiger partial charge >= 0.3 is 5.97 Å². The molecule has 0 amide bonds. The average molecular weight is 521 g/mol. The number of hydrogen-bond donors (Lipinski definition) is 0. The van der Waals surface area contributed by atoms with E-state index in [1.165, 1.54) is 26.4 Å². The molecule has 0 unspecified atom stereocenters. The van der Waals surface area contributed by atoms with Crippen LogP contribution in [0.4, 0.5) is 4.39 Å². The molecule has 0 atom stereocenters. The summed E-state index contributed by atoms with van der Waals surface area (Å²) < 4.78 is 31.9. The molecule has 3 aromatic carbocycles. The number of carbonyl (C=O) groups excluding carboxylic acids is 1. The number of methoxy groups -OCH3 is 2. The maximum Gasteiger partial charge on any atom is 0.337 e. The second kappa shape index (κ2) is 10.6. The molecule has 6 nitrogen and oxygen atoms in total. The molecule has 190 valence electrons. The van der Waals surface area contributed by atoms with Crippen molar-refractivity contribution in [2.24, 2.45) is 0 Å². The van der Waals surface area contributed by atoms with E-state index in [1.807, 2.05) is 36.6 Å². The molecular formula is C29H26ClFN2O4. The average Bonchev–Trinajstić information content (AvgIpc) is 3.23. The Kier molecular flexibility index (Phi) is 7.53. The zero-order valence-corrected chi connectivity index (χ0v) is 21.7. The first-order valence-electron chi connectivity index (χ1n) is 11.5. The van der Waals surface area contributed by atoms with Crippen LogP contribution < -0.4 is 4.74 Å². The molecule has 0 bridgehead atoms. The minimum atomic E-state index is -0.649. The van der Waals surface area contributed by atoms with Gasteiger partial charge in [-0.3, -0.25) is 0 Å². The fourth-order valence-electron chi connectivity index (χ4n) is 4.54. The maximum absolute atomic E-state index is 13.9. The van der Waals surface area contributed by atoms with Crippen molar-refractivity contribution in [3.63, 3.8) is 0 Å². The lowest BCUT2D eigenvalue weighted by atomic mass is 9.81. The molecule has 0 N–H and O–H groups in total. The van der Waals surface area contributed by atoms with Crippen LogP contribution in [0.1, 0.15) is 36.3 Å². The van der Waals surface area contributed by atoms with E-state index in [-0.39, 0.29) is 19.0 Å². The summed E-state index contributed by atoms with van der Waals surface area (Å²) in [6.45, 7) is 3.96. The van der Waals surface area contributed by atoms with E-state index in [4.69, 9.17) is 25.8 Å². The van der Waals surface area contributed by atoms with Crippen LogP contribution in [0.5, 0.6) is 5.75 Å². The van der Waals surface area contributed by atoms with Gasteiger partial charge in [0.15, 0.2) is 6.79 Å². The predicted molar refractivity (Wildman–Crippen MR) is 141 cm³/mol. The molecule has 0 fully saturated rings. The number of aromatic nitrogens is 1. The largest absolute Gasteiger partial charge is 0.467 e. The Morgan fingerprint density at radius 2 is 1.76 bits per heavy atom. The van der Waals surface area contributed by atoms with Gasteiger partial charge in [0, 0.05) is 40.9 Å². The SMILES string of the molecule is COCOc1cc(Cl)cc2c1c(-c1ccc(C(=O)OC)cc1)c(C(C)(C)CC#N)n2-c1ccc(F)cc1. The Balaban J connectivity index is 2.17. The molecule has 4 aromatic rings. The van der Waals surface area contributed by atoms with E-state index in [0.717, 1.165) is 27.7 Å². The minimum absolute atomic E-state index is 0.00515. The zero-order chi connectivity index (χ0) is 26.7. The number of nitriles is 1. The summed E-state index contributed by atoms with van der Waals surface area (Å²) in [7, 11) is 2.86. The number of hydrogen-bond acceptors (Lipinski definition) is 5. The number of halogens is 2. The summed E-state index contributed by atoms with van der Waals surface area (Å²) >= 11 is 6.54. The van der Waals surface area contributed by atoms with Crippen molar-refractivity contribution in [1.29, 1.82) is 5.26 Å². The van der Waals surface area contributed by atoms with Crippen molar-refractivity contribution < 1.29 is 23.4 Å². The molecule has 1 aromatic heterocycles. The summed E-state index contributed by atoms with van der Waals surface area (Å²) in [5.41, 5.74) is 3.59. The first-order valence-corrected chi connectivity index (χ1v) is 11.9. The smallest absolute Gasteiger partial charge is 0.337 e. The molecule has 37 heavy (non-hydrogen) atoms. The Hall–Kier alpha value is -3.86. The normalized spacial score (nSPS) is 11.4. The van der Waals surface area contributed by atoms with Crippen LogP contribution in [0.15, 0.2) is 60.7 Å². The Morgan fingerprint density at radius 3 is 2.35 bits per heavy atom. The van der Waals surface area contributed by atoms with E-state index >= 15 is 0 Å². The van der Waals surface area contributed by atoms with E-state index in [1.54, 1.807) is 30.3 Å². The fraction of sp³-hybridized carbons (Fsp3) is 0.241. The molecule has 0 radical (unpaired) electrons. The number of fused-ring (bicyclic) bond motifs is 1. The third-order valence-electron chi connectivity index (χ3n) is 6.17. The quantitative estimate of drug-likeness (QED) is 0.184. The fourth-order valence-corrected chi connectivity index (χ4v) is 4.74. The number of benzene rings is 3. The highest BCUT2D eigenvalue weighted by Gasteiger charge is 2.33. The van der Waals surface area contributed by atoms with Gasteiger partial charge in [-0.2, -0.15) is 5.26 Å². The first-order chi connectivity index (χ1) is 17.7. The van der Waals surface area contributed by atoms with Crippen molar-refractivity contribution >= 4 is 28.5 Å². The zero-order valence-electron chi connectivity index (χ0n) is 21.0. The number of esters is 1. The van der Waals surface area contributed by atoms with E-state index in [9.17, 15) is 14.4 Å². The number of carbonyl (C=O) groups is 1. The third-order valence-corrected chi connectivity index (χ3v) is 6.39. The molecule has 0 aliphatic carbocycles. The van der Waals surface area contributed by atoms with Crippen molar-refractivity contribution in [2.45, 2.75) is 25.7 Å². The van der Waals surface area contributed by atoms with Crippen LogP contribution in [0, 0.1) is 17.1 Å². The molecular weight excluding hydrogens is 495 g/mol. The maximum atomic E-state index is 13.9. The van der Waals surface area contributed by atoms with Gasteiger partial charge in [-0.25, -0.2) is 9.18 Å². The number of ether oxygens (including phenoxy) is 3. The second-order valence-electron chi connectivity index (χ2n) is 9.17. The minimum Gasteiger partial charge on any atom is -0.467 e. The standard InChI is InChI=1S/C29H26ClFN2O4/c1-29(2,13-14-32)27-25(18-5-7-19(8-6-18)28(34)36-4)26-23(15-20(30)16-24(26)37-17-35-3)33(27)22-11-9-21(31)10-12-22/h5-12,15-16H,13,17H2,1-4H3. The summed E-state index contributed by atoms with van der Waals surface area (Å²) in [5.74, 6) is -0.314. The molecule has 8 heteroatoms. The molecule has 0 aliphatic rings. The van der Waals surface area contributed by atoms with Crippen molar-refractivity contribution in [1.82, 2.24) is 4.57 Å². The monoisotopic (exact) mass is 520 g/mol. The van der Waals surface area contributed by atoms with Crippen LogP contribution in [-0.4, -0.2) is 31.5 Å². The van der Waals surface area contributed by atoms with Gasteiger partial charge in [0.1, 0.15) is 11.6 Å². The van der Waals surface area contributed by atoms with Gasteiger partial charge in [0.25, 0.3) is 0 Å². The van der Waals surface area contributed by atoms with E-state index in [0.29, 0.717) is 22.0 Å². The molecule has 0 spiro atoms. The van der Waals surface area contributed by atoms with E-state index in [2.05, 4.69) is 6.07 Å². The molecule has 1 heterocycles. The van der Waals surface area contributed by atoms with Crippen LogP contribution >= 0.6 is 11.6 Å². The van der Waals surface area contributed by atoms with Crippen molar-refractivity contribution in [3.05, 3.63) is 82.8 Å². The lowest BCUT2D eigenvalue weighted by Crippen LogP contribution is -2.21. The molecule has 0 saturated heterocycles. The second-order valence-corrected chi connectivity index (χ2v) is 9.61. The number of nitrogens with zero attached hydrogens (tertiary/aromatic N) is 2. The Morgan fingerprint density at radius 1 is 1.08 bits per heavy atom. The van der Waals surface area contributed by atoms with Gasteiger partial charge in [0.05, 0.1) is 29.6 Å². The van der Waals surface area contributed by atoms with Crippen LogP contribution in [0.25, 0.3) is 27.7 Å². The van der Waals surface area contributed by atoms with Gasteiger partial charge in [-0.05, 0) is 54.1 Å². The highest BCUT2D eigenvalue weighted by molar-refractivity contribution is 6.31. The van der Waals surface area contributed by atoms with Crippen molar-refractivity contribution in [3.8, 4) is 28.6 Å². The Labute approximate surface area is 219 Å². The summed E-state index contributed by atoms with van der Waals surface area (Å²) in [6, 6.07) is 19.0. The van der Waals surface area contributed by atoms with Gasteiger partial charge < -0.3 is 18.8 Å². The lowest BCUT2D eigenvalue weighted by Gasteiger charge is -2.26. The molecule has 0 saturated carbocycles. The topological polar surface area (TPSA) is 73.5 Å². The molecule has 4 rings (SSSR count). The van der Waals surface area contributed by atoms with E-state index < -0.39 is 11.4 Å². The summed E-state index contributed by atoms with van der Waals surface area (Å²) in [5, 5.41) is 10.9. The highest BCUT2D eigenvalue weighted by Crippen LogP contribution is 2.48. The van der Waals surface area contributed by atoms with Crippen LogP contribution in [0.2, 0.25) is 5.02 Å². The highest BCUT2D eigenvalue weighted by atomic mass is 35.5. The Bertz CT molecular complexity index is 1490. The lowest BCUT2D eigenvalue weighted by molar-refractivity contribution is 0.0522. The third kappa shape index (κ3) is 5.04. The van der Waals surface area contributed by atoms with Gasteiger partial charge in [-0.15, -0.1) is 0 Å². The van der Waals surface area contributed by atoms with Crippen molar-refractivity contribution in [2.75, 3.05) is 21.0 Å². The van der Waals surface area contributed by atoms with Crippen LogP contribution in [-0.2, 0) is 14.9 Å². The first kappa shape index (κ1) is 26.2.